The summed E-state index contributed by atoms with van der Waals surface area (Å²) in [7, 11) is -3.55. The zero-order chi connectivity index (χ0) is 21.1. The first kappa shape index (κ1) is 21.3. The number of urea groups is 1. The maximum absolute atomic E-state index is 13.1. The minimum absolute atomic E-state index is 0.232. The minimum atomic E-state index is -3.55. The summed E-state index contributed by atoms with van der Waals surface area (Å²) in [5.41, 5.74) is 2.02. The van der Waals surface area contributed by atoms with Crippen molar-refractivity contribution in [2.24, 2.45) is 0 Å². The second-order valence-corrected chi connectivity index (χ2v) is 11.0. The molecular weight excluding hydrogens is 420 g/mol. The summed E-state index contributed by atoms with van der Waals surface area (Å²) in [5.74, 6) is 0. The van der Waals surface area contributed by atoms with Crippen LogP contribution in [0.25, 0.3) is 0 Å². The van der Waals surface area contributed by atoms with Gasteiger partial charge >= 0.3 is 6.03 Å². The Morgan fingerprint density at radius 2 is 1.97 bits per heavy atom. The van der Waals surface area contributed by atoms with Gasteiger partial charge in [-0.05, 0) is 37.0 Å². The van der Waals surface area contributed by atoms with Crippen LogP contribution in [0.2, 0.25) is 0 Å². The van der Waals surface area contributed by atoms with Crippen molar-refractivity contribution in [3.8, 4) is 0 Å². The molecule has 2 N–H and O–H groups in total. The van der Waals surface area contributed by atoms with E-state index in [0.29, 0.717) is 23.0 Å². The molecule has 2 aromatic rings. The lowest BCUT2D eigenvalue weighted by molar-refractivity contribution is 0.248. The number of amides is 2. The van der Waals surface area contributed by atoms with Gasteiger partial charge in [0.1, 0.15) is 0 Å². The Hall–Kier alpha value is -1.97. The average Bonchev–Trinajstić information content (AvgIpc) is 3.37. The first-order valence-corrected chi connectivity index (χ1v) is 12.9. The number of fused-ring (bicyclic) bond motifs is 1. The summed E-state index contributed by atoms with van der Waals surface area (Å²) >= 11 is 1.36. The Labute approximate surface area is 181 Å². The van der Waals surface area contributed by atoms with Crippen LogP contribution in [-0.2, 0) is 29.4 Å². The van der Waals surface area contributed by atoms with Gasteiger partial charge in [-0.15, -0.1) is 0 Å². The molecule has 0 atom stereocenters. The topological polar surface area (TPSA) is 91.4 Å². The van der Waals surface area contributed by atoms with Crippen LogP contribution in [0.3, 0.4) is 0 Å². The van der Waals surface area contributed by atoms with Gasteiger partial charge in [0.2, 0.25) is 10.0 Å². The summed E-state index contributed by atoms with van der Waals surface area (Å²) in [6.45, 7) is 2.79. The molecule has 0 saturated heterocycles. The van der Waals surface area contributed by atoms with Crippen molar-refractivity contribution >= 4 is 32.5 Å². The molecule has 0 bridgehead atoms. The fourth-order valence-corrected chi connectivity index (χ4v) is 6.59. The Kier molecular flexibility index (Phi) is 6.40. The number of hydrogen-bond acceptors (Lipinski definition) is 5. The SMILES string of the molecule is CCCc1ccc(S(=O)(=O)N2CCc3nc(NC(=O)NC4CCCC4)sc3C2)cc1. The van der Waals surface area contributed by atoms with Gasteiger partial charge in [-0.3, -0.25) is 5.32 Å². The lowest BCUT2D eigenvalue weighted by Crippen LogP contribution is -2.36. The number of aromatic nitrogens is 1. The third-order valence-corrected chi connectivity index (χ3v) is 8.56. The monoisotopic (exact) mass is 448 g/mol. The average molecular weight is 449 g/mol. The second kappa shape index (κ2) is 9.03. The van der Waals surface area contributed by atoms with E-state index in [1.165, 1.54) is 15.6 Å². The van der Waals surface area contributed by atoms with Crippen LogP contribution >= 0.6 is 11.3 Å². The van der Waals surface area contributed by atoms with E-state index in [2.05, 4.69) is 22.5 Å². The summed E-state index contributed by atoms with van der Waals surface area (Å²) in [6.07, 6.45) is 6.87. The Balaban J connectivity index is 1.42. The van der Waals surface area contributed by atoms with Gasteiger partial charge in [0, 0.05) is 23.9 Å². The highest BCUT2D eigenvalue weighted by molar-refractivity contribution is 7.89. The first-order valence-electron chi connectivity index (χ1n) is 10.6. The number of sulfonamides is 1. The fourth-order valence-electron chi connectivity index (χ4n) is 4.09. The Morgan fingerprint density at radius 3 is 2.67 bits per heavy atom. The van der Waals surface area contributed by atoms with Gasteiger partial charge in [-0.2, -0.15) is 4.31 Å². The number of thiazole rings is 1. The van der Waals surface area contributed by atoms with Crippen molar-refractivity contribution in [3.63, 3.8) is 0 Å². The van der Waals surface area contributed by atoms with E-state index in [4.69, 9.17) is 0 Å². The molecule has 0 spiro atoms. The highest BCUT2D eigenvalue weighted by Gasteiger charge is 2.30. The Morgan fingerprint density at radius 1 is 1.23 bits per heavy atom. The number of nitrogens with zero attached hydrogens (tertiary/aromatic N) is 2. The summed E-state index contributed by atoms with van der Waals surface area (Å²) in [4.78, 5) is 17.9. The predicted molar refractivity (Wildman–Crippen MR) is 118 cm³/mol. The zero-order valence-electron chi connectivity index (χ0n) is 17.2. The van der Waals surface area contributed by atoms with Gasteiger partial charge < -0.3 is 5.32 Å². The molecule has 2 amide bonds. The highest BCUT2D eigenvalue weighted by Crippen LogP contribution is 2.31. The van der Waals surface area contributed by atoms with E-state index in [9.17, 15) is 13.2 Å². The predicted octanol–water partition coefficient (Wildman–Crippen LogP) is 3.91. The molecule has 0 unspecified atom stereocenters. The van der Waals surface area contributed by atoms with Crippen molar-refractivity contribution < 1.29 is 13.2 Å². The molecule has 0 radical (unpaired) electrons. The van der Waals surface area contributed by atoms with E-state index in [1.54, 1.807) is 12.1 Å². The number of carbonyl (C=O) groups excluding carboxylic acids is 1. The van der Waals surface area contributed by atoms with Crippen LogP contribution in [0.5, 0.6) is 0 Å². The normalized spacial score (nSPS) is 17.6. The molecule has 1 saturated carbocycles. The molecule has 9 heteroatoms. The molecular formula is C21H28N4O3S2. The summed E-state index contributed by atoms with van der Waals surface area (Å²) < 4.78 is 27.7. The van der Waals surface area contributed by atoms with E-state index < -0.39 is 10.0 Å². The molecule has 7 nitrogen and oxygen atoms in total. The van der Waals surface area contributed by atoms with Crippen LogP contribution in [0.4, 0.5) is 9.93 Å². The van der Waals surface area contributed by atoms with Gasteiger partial charge in [0.25, 0.3) is 0 Å². The van der Waals surface area contributed by atoms with Crippen molar-refractivity contribution in [1.82, 2.24) is 14.6 Å². The minimum Gasteiger partial charge on any atom is -0.335 e. The molecule has 4 rings (SSSR count). The molecule has 30 heavy (non-hydrogen) atoms. The lowest BCUT2D eigenvalue weighted by Gasteiger charge is -2.25. The van der Waals surface area contributed by atoms with Crippen LogP contribution in [-0.4, -0.2) is 36.3 Å². The third-order valence-electron chi connectivity index (χ3n) is 5.71. The molecule has 2 heterocycles. The van der Waals surface area contributed by atoms with E-state index in [1.807, 2.05) is 12.1 Å². The number of benzene rings is 1. The molecule has 1 aromatic heterocycles. The van der Waals surface area contributed by atoms with Crippen molar-refractivity contribution in [2.75, 3.05) is 11.9 Å². The maximum Gasteiger partial charge on any atom is 0.321 e. The molecule has 2 aliphatic rings. The van der Waals surface area contributed by atoms with Gasteiger partial charge in [-0.1, -0.05) is 49.7 Å². The summed E-state index contributed by atoms with van der Waals surface area (Å²) in [5, 5.41) is 6.33. The van der Waals surface area contributed by atoms with E-state index in [-0.39, 0.29) is 18.6 Å². The van der Waals surface area contributed by atoms with Crippen LogP contribution in [0.1, 0.15) is 55.2 Å². The molecule has 1 aliphatic heterocycles. The second-order valence-electron chi connectivity index (χ2n) is 7.95. The van der Waals surface area contributed by atoms with Crippen LogP contribution in [0, 0.1) is 0 Å². The number of hydrogen-bond donors (Lipinski definition) is 2. The largest absolute Gasteiger partial charge is 0.335 e. The van der Waals surface area contributed by atoms with Crippen molar-refractivity contribution in [3.05, 3.63) is 40.4 Å². The Bertz CT molecular complexity index is 996. The quantitative estimate of drug-likeness (QED) is 0.701. The number of aryl methyl sites for hydroxylation is 1. The molecule has 162 valence electrons. The standard InChI is InChI=1S/C21H28N4O3S2/c1-2-5-15-8-10-17(11-9-15)30(27,28)25-13-12-18-19(14-25)29-21(23-18)24-20(26)22-16-6-3-4-7-16/h8-11,16H,2-7,12-14H2,1H3,(H2,22,23,24,26). The van der Waals surface area contributed by atoms with Crippen LogP contribution < -0.4 is 10.6 Å². The summed E-state index contributed by atoms with van der Waals surface area (Å²) in [6, 6.07) is 7.19. The van der Waals surface area contributed by atoms with E-state index in [0.717, 1.165) is 54.7 Å². The highest BCUT2D eigenvalue weighted by atomic mass is 32.2. The fraction of sp³-hybridized carbons (Fsp3) is 0.524. The number of anilines is 1. The molecule has 1 aliphatic carbocycles. The number of rotatable bonds is 6. The molecule has 1 aromatic carbocycles. The molecule has 1 fully saturated rings. The smallest absolute Gasteiger partial charge is 0.321 e. The third kappa shape index (κ3) is 4.68. The number of nitrogens with one attached hydrogen (secondary N) is 2. The van der Waals surface area contributed by atoms with Crippen LogP contribution in [0.15, 0.2) is 29.2 Å². The zero-order valence-corrected chi connectivity index (χ0v) is 18.8. The van der Waals surface area contributed by atoms with E-state index >= 15 is 0 Å². The maximum atomic E-state index is 13.1. The number of carbonyl (C=O) groups is 1. The first-order chi connectivity index (χ1) is 14.5. The van der Waals surface area contributed by atoms with Gasteiger partial charge in [0.05, 0.1) is 17.1 Å². The lowest BCUT2D eigenvalue weighted by atomic mass is 10.1. The van der Waals surface area contributed by atoms with Gasteiger partial charge in [-0.25, -0.2) is 18.2 Å². The van der Waals surface area contributed by atoms with Crippen molar-refractivity contribution in [1.29, 1.82) is 0 Å². The van der Waals surface area contributed by atoms with Gasteiger partial charge in [0.15, 0.2) is 5.13 Å². The van der Waals surface area contributed by atoms with Crippen molar-refractivity contribution in [2.45, 2.75) is 69.4 Å².